The van der Waals surface area contributed by atoms with Crippen molar-refractivity contribution in [1.82, 2.24) is 9.88 Å². The van der Waals surface area contributed by atoms with Crippen LogP contribution in [0.15, 0.2) is 51.9 Å². The van der Waals surface area contributed by atoms with Crippen molar-refractivity contribution in [2.75, 3.05) is 6.54 Å². The molecule has 1 fully saturated rings. The highest BCUT2D eigenvalue weighted by molar-refractivity contribution is 5.85. The number of nitrogens with zero attached hydrogens (tertiary/aromatic N) is 2. The van der Waals surface area contributed by atoms with E-state index in [1.807, 2.05) is 24.0 Å². The maximum absolute atomic E-state index is 13.1. The number of pyridine rings is 1. The highest BCUT2D eigenvalue weighted by atomic mass is 16.4. The van der Waals surface area contributed by atoms with E-state index in [0.29, 0.717) is 17.7 Å². The lowest BCUT2D eigenvalue weighted by atomic mass is 9.95. The monoisotopic (exact) mass is 378 g/mol. The second kappa shape index (κ2) is 7.46. The fraction of sp³-hybridized carbons (Fsp3) is 0.318. The van der Waals surface area contributed by atoms with Crippen molar-refractivity contribution < 1.29 is 14.3 Å². The van der Waals surface area contributed by atoms with E-state index in [1.54, 1.807) is 24.5 Å². The Morgan fingerprint density at radius 1 is 1.32 bits per heavy atom. The lowest BCUT2D eigenvalue weighted by Gasteiger charge is -2.36. The normalized spacial score (nSPS) is 17.0. The predicted octanol–water partition coefficient (Wildman–Crippen LogP) is 3.50. The Balaban J connectivity index is 1.66. The van der Waals surface area contributed by atoms with Gasteiger partial charge in [0.05, 0.1) is 18.0 Å². The summed E-state index contributed by atoms with van der Waals surface area (Å²) in [5.74, 6) is -0.0476. The van der Waals surface area contributed by atoms with E-state index in [4.69, 9.17) is 4.42 Å². The van der Waals surface area contributed by atoms with Gasteiger partial charge < -0.3 is 14.4 Å². The van der Waals surface area contributed by atoms with E-state index >= 15 is 0 Å². The van der Waals surface area contributed by atoms with E-state index in [9.17, 15) is 14.7 Å². The number of phenols is 1. The Morgan fingerprint density at radius 2 is 2.18 bits per heavy atom. The number of amides is 1. The van der Waals surface area contributed by atoms with Crippen molar-refractivity contribution in [3.05, 3.63) is 69.8 Å². The van der Waals surface area contributed by atoms with Crippen LogP contribution < -0.4 is 5.63 Å². The first kappa shape index (κ1) is 18.2. The molecule has 0 unspecified atom stereocenters. The standard InChI is InChI=1S/C22H22N2O4/c1-14-17-8-7-16(25)11-20(17)28-22(27)18(14)12-21(26)24-10-3-2-6-19(24)15-5-4-9-23-13-15/h4-5,7-9,11,13,19,25H,2-3,6,10,12H2,1H3/t19-/m1/s1. The molecule has 6 nitrogen and oxygen atoms in total. The van der Waals surface area contributed by atoms with Crippen molar-refractivity contribution >= 4 is 16.9 Å². The van der Waals surface area contributed by atoms with Gasteiger partial charge in [-0.05, 0) is 55.5 Å². The molecule has 1 aliphatic heterocycles. The van der Waals surface area contributed by atoms with Crippen molar-refractivity contribution in [3.63, 3.8) is 0 Å². The lowest BCUT2D eigenvalue weighted by molar-refractivity contribution is -0.134. The van der Waals surface area contributed by atoms with Gasteiger partial charge in [0, 0.05) is 30.4 Å². The van der Waals surface area contributed by atoms with Crippen LogP contribution in [0.2, 0.25) is 0 Å². The Labute approximate surface area is 162 Å². The highest BCUT2D eigenvalue weighted by Crippen LogP contribution is 2.31. The van der Waals surface area contributed by atoms with Gasteiger partial charge in [-0.15, -0.1) is 0 Å². The zero-order valence-corrected chi connectivity index (χ0v) is 15.7. The summed E-state index contributed by atoms with van der Waals surface area (Å²) in [5.41, 5.74) is 1.91. The fourth-order valence-electron chi connectivity index (χ4n) is 3.99. The Hall–Kier alpha value is -3.15. The van der Waals surface area contributed by atoms with Gasteiger partial charge in [0.2, 0.25) is 5.91 Å². The van der Waals surface area contributed by atoms with Gasteiger partial charge in [0.1, 0.15) is 11.3 Å². The van der Waals surface area contributed by atoms with E-state index in [0.717, 1.165) is 35.8 Å². The smallest absolute Gasteiger partial charge is 0.340 e. The average molecular weight is 378 g/mol. The van der Waals surface area contributed by atoms with Crippen molar-refractivity contribution in [1.29, 1.82) is 0 Å². The second-order valence-corrected chi connectivity index (χ2v) is 7.24. The third kappa shape index (κ3) is 3.38. The Bertz CT molecular complexity index is 1080. The van der Waals surface area contributed by atoms with Crippen LogP contribution in [0.25, 0.3) is 11.0 Å². The van der Waals surface area contributed by atoms with Gasteiger partial charge in [0.15, 0.2) is 0 Å². The SMILES string of the molecule is Cc1c(CC(=O)N2CCCC[C@@H]2c2cccnc2)c(=O)oc2cc(O)ccc12. The predicted molar refractivity (Wildman–Crippen MR) is 105 cm³/mol. The zero-order valence-electron chi connectivity index (χ0n) is 15.7. The molecule has 3 aromatic rings. The number of aromatic nitrogens is 1. The molecule has 0 aliphatic carbocycles. The number of benzene rings is 1. The first-order chi connectivity index (χ1) is 13.5. The van der Waals surface area contributed by atoms with Gasteiger partial charge >= 0.3 is 5.63 Å². The zero-order chi connectivity index (χ0) is 19.7. The summed E-state index contributed by atoms with van der Waals surface area (Å²) in [5, 5.41) is 10.3. The molecule has 1 aromatic carbocycles. The summed E-state index contributed by atoms with van der Waals surface area (Å²) in [6, 6.07) is 8.52. The number of hydrogen-bond donors (Lipinski definition) is 1. The van der Waals surface area contributed by atoms with Gasteiger partial charge in [-0.25, -0.2) is 4.79 Å². The minimum Gasteiger partial charge on any atom is -0.508 e. The molecule has 4 rings (SSSR count). The number of carbonyl (C=O) groups is 1. The molecule has 3 heterocycles. The van der Waals surface area contributed by atoms with Crippen LogP contribution in [-0.2, 0) is 11.2 Å². The molecule has 6 heteroatoms. The van der Waals surface area contributed by atoms with Crippen LogP contribution in [-0.4, -0.2) is 27.4 Å². The number of fused-ring (bicyclic) bond motifs is 1. The molecule has 1 amide bonds. The minimum absolute atomic E-state index is 0.00173. The molecule has 0 saturated carbocycles. The maximum atomic E-state index is 13.1. The van der Waals surface area contributed by atoms with E-state index < -0.39 is 5.63 Å². The number of aryl methyl sites for hydroxylation is 1. The topological polar surface area (TPSA) is 83.6 Å². The molecule has 0 radical (unpaired) electrons. The first-order valence-corrected chi connectivity index (χ1v) is 9.49. The highest BCUT2D eigenvalue weighted by Gasteiger charge is 2.29. The molecule has 28 heavy (non-hydrogen) atoms. The van der Waals surface area contributed by atoms with Crippen molar-refractivity contribution in [2.45, 2.75) is 38.6 Å². The number of rotatable bonds is 3. The summed E-state index contributed by atoms with van der Waals surface area (Å²) in [7, 11) is 0. The maximum Gasteiger partial charge on any atom is 0.340 e. The summed E-state index contributed by atoms with van der Waals surface area (Å²) >= 11 is 0. The lowest BCUT2D eigenvalue weighted by Crippen LogP contribution is -2.40. The molecule has 1 saturated heterocycles. The van der Waals surface area contributed by atoms with Crippen LogP contribution in [0.3, 0.4) is 0 Å². The molecule has 2 aromatic heterocycles. The number of piperidine rings is 1. The van der Waals surface area contributed by atoms with Gasteiger partial charge in [-0.1, -0.05) is 6.07 Å². The van der Waals surface area contributed by atoms with Crippen LogP contribution in [0.5, 0.6) is 5.75 Å². The van der Waals surface area contributed by atoms with Crippen LogP contribution >= 0.6 is 0 Å². The summed E-state index contributed by atoms with van der Waals surface area (Å²) in [6.07, 6.45) is 6.43. The summed E-state index contributed by atoms with van der Waals surface area (Å²) in [6.45, 7) is 2.48. The third-order valence-corrected chi connectivity index (χ3v) is 5.49. The Morgan fingerprint density at radius 3 is 2.96 bits per heavy atom. The second-order valence-electron chi connectivity index (χ2n) is 7.24. The van der Waals surface area contributed by atoms with Crippen LogP contribution in [0.4, 0.5) is 0 Å². The first-order valence-electron chi connectivity index (χ1n) is 9.49. The molecule has 1 aliphatic rings. The van der Waals surface area contributed by atoms with Gasteiger partial charge in [0.25, 0.3) is 0 Å². The minimum atomic E-state index is -0.529. The average Bonchev–Trinajstić information content (AvgIpc) is 2.71. The number of hydrogen-bond acceptors (Lipinski definition) is 5. The molecule has 1 N–H and O–H groups in total. The van der Waals surface area contributed by atoms with Crippen molar-refractivity contribution in [3.8, 4) is 5.75 Å². The fourth-order valence-corrected chi connectivity index (χ4v) is 3.99. The van der Waals surface area contributed by atoms with Gasteiger partial charge in [-0.3, -0.25) is 9.78 Å². The summed E-state index contributed by atoms with van der Waals surface area (Å²) in [4.78, 5) is 31.7. The van der Waals surface area contributed by atoms with E-state index in [1.165, 1.54) is 6.07 Å². The third-order valence-electron chi connectivity index (χ3n) is 5.49. The number of likely N-dealkylation sites (tertiary alicyclic amines) is 1. The molecular weight excluding hydrogens is 356 g/mol. The number of carbonyl (C=O) groups excluding carboxylic acids is 1. The molecule has 0 bridgehead atoms. The molecule has 0 spiro atoms. The van der Waals surface area contributed by atoms with Crippen molar-refractivity contribution in [2.24, 2.45) is 0 Å². The number of phenolic OH excluding ortho intramolecular Hbond substituents is 1. The van der Waals surface area contributed by atoms with E-state index in [2.05, 4.69) is 4.98 Å². The largest absolute Gasteiger partial charge is 0.508 e. The summed E-state index contributed by atoms with van der Waals surface area (Å²) < 4.78 is 5.36. The van der Waals surface area contributed by atoms with Gasteiger partial charge in [-0.2, -0.15) is 0 Å². The molecule has 144 valence electrons. The van der Waals surface area contributed by atoms with Crippen LogP contribution in [0.1, 0.15) is 42.0 Å². The van der Waals surface area contributed by atoms with Crippen LogP contribution in [0, 0.1) is 6.92 Å². The number of aromatic hydroxyl groups is 1. The molecular formula is C22H22N2O4. The Kier molecular flexibility index (Phi) is 4.86. The quantitative estimate of drug-likeness (QED) is 0.705. The molecule has 1 atom stereocenters. The van der Waals surface area contributed by atoms with E-state index in [-0.39, 0.29) is 24.1 Å².